The van der Waals surface area contributed by atoms with E-state index in [1.165, 1.54) is 63.6 Å². The number of hydrogen-bond acceptors (Lipinski definition) is 1. The van der Waals surface area contributed by atoms with Crippen LogP contribution in [0.1, 0.15) is 44.1 Å². The Morgan fingerprint density at radius 2 is 1.80 bits per heavy atom. The van der Waals surface area contributed by atoms with E-state index in [1.54, 1.807) is 0 Å². The van der Waals surface area contributed by atoms with Crippen molar-refractivity contribution in [2.75, 3.05) is 13.1 Å². The van der Waals surface area contributed by atoms with E-state index in [9.17, 15) is 0 Å². The first-order valence-corrected chi connectivity index (χ1v) is 8.36. The molecule has 1 nitrogen and oxygen atoms in total. The van der Waals surface area contributed by atoms with E-state index in [0.717, 1.165) is 12.0 Å². The summed E-state index contributed by atoms with van der Waals surface area (Å²) in [4.78, 5) is 2.79. The van der Waals surface area contributed by atoms with Crippen molar-refractivity contribution in [3.63, 3.8) is 0 Å². The molecule has 1 fully saturated rings. The minimum atomic E-state index is 0.752. The molecule has 1 aliphatic carbocycles. The first-order chi connectivity index (χ1) is 9.93. The van der Waals surface area contributed by atoms with Crippen molar-refractivity contribution < 1.29 is 0 Å². The molecule has 3 rings (SSSR count). The van der Waals surface area contributed by atoms with E-state index < -0.39 is 0 Å². The lowest BCUT2D eigenvalue weighted by molar-refractivity contribution is 0.110. The number of hydrogen-bond donors (Lipinski definition) is 0. The summed E-state index contributed by atoms with van der Waals surface area (Å²) < 4.78 is 0. The summed E-state index contributed by atoms with van der Waals surface area (Å²) in [6.45, 7) is 2.63. The molecule has 0 spiro atoms. The van der Waals surface area contributed by atoms with Crippen LogP contribution < -0.4 is 0 Å². The molecular weight excluding hydrogens is 242 g/mol. The van der Waals surface area contributed by atoms with E-state index in [2.05, 4.69) is 47.4 Å². The number of allylic oxidation sites excluding steroid dienone is 2. The quantitative estimate of drug-likeness (QED) is 0.730. The molecule has 108 valence electrons. The van der Waals surface area contributed by atoms with Crippen molar-refractivity contribution in [3.05, 3.63) is 48.0 Å². The maximum Gasteiger partial charge on any atom is 0.0167 e. The lowest BCUT2D eigenvalue weighted by Gasteiger charge is -2.40. The van der Waals surface area contributed by atoms with E-state index in [1.807, 2.05) is 0 Å². The summed E-state index contributed by atoms with van der Waals surface area (Å²) in [7, 11) is 0. The van der Waals surface area contributed by atoms with Crippen LogP contribution in [0.15, 0.2) is 42.5 Å². The Bertz CT molecular complexity index is 417. The molecule has 1 aromatic carbocycles. The van der Waals surface area contributed by atoms with Crippen LogP contribution in [-0.4, -0.2) is 24.0 Å². The van der Waals surface area contributed by atoms with Gasteiger partial charge in [-0.2, -0.15) is 0 Å². The molecule has 1 heteroatoms. The maximum absolute atomic E-state index is 2.79. The Morgan fingerprint density at radius 1 is 1.00 bits per heavy atom. The first kappa shape index (κ1) is 13.9. The van der Waals surface area contributed by atoms with E-state index in [-0.39, 0.29) is 0 Å². The molecule has 0 N–H and O–H groups in total. The summed E-state index contributed by atoms with van der Waals surface area (Å²) >= 11 is 0. The first-order valence-electron chi connectivity index (χ1n) is 8.36. The minimum absolute atomic E-state index is 0.752. The molecule has 20 heavy (non-hydrogen) atoms. The standard InChI is InChI=1S/C19H27N/c1-4-10-17(11-5-1)16-19(18-12-6-2-7-13-18)20-14-8-3-9-15-20/h1-2,4-6,10-11,18-19H,3,7-9,12-16H2. The average molecular weight is 269 g/mol. The highest BCUT2D eigenvalue weighted by Crippen LogP contribution is 2.29. The van der Waals surface area contributed by atoms with Gasteiger partial charge in [-0.25, -0.2) is 0 Å². The molecule has 0 saturated carbocycles. The summed E-state index contributed by atoms with van der Waals surface area (Å²) in [6.07, 6.45) is 14.2. The van der Waals surface area contributed by atoms with Crippen molar-refractivity contribution in [3.8, 4) is 0 Å². The number of nitrogens with zero attached hydrogens (tertiary/aromatic N) is 1. The van der Waals surface area contributed by atoms with Crippen LogP contribution in [0, 0.1) is 5.92 Å². The number of benzene rings is 1. The van der Waals surface area contributed by atoms with Gasteiger partial charge in [-0.15, -0.1) is 0 Å². The van der Waals surface area contributed by atoms with E-state index >= 15 is 0 Å². The van der Waals surface area contributed by atoms with Crippen molar-refractivity contribution in [2.45, 2.75) is 51.0 Å². The minimum Gasteiger partial charge on any atom is -0.300 e. The molecule has 0 bridgehead atoms. The van der Waals surface area contributed by atoms with Gasteiger partial charge in [0.05, 0.1) is 0 Å². The predicted molar refractivity (Wildman–Crippen MR) is 85.8 cm³/mol. The fraction of sp³-hybridized carbons (Fsp3) is 0.579. The summed E-state index contributed by atoms with van der Waals surface area (Å²) in [5, 5.41) is 0. The summed E-state index contributed by atoms with van der Waals surface area (Å²) in [5.41, 5.74) is 1.51. The topological polar surface area (TPSA) is 3.24 Å². The van der Waals surface area contributed by atoms with E-state index in [4.69, 9.17) is 0 Å². The predicted octanol–water partition coefficient (Wildman–Crippen LogP) is 4.44. The zero-order valence-electron chi connectivity index (χ0n) is 12.5. The lowest BCUT2D eigenvalue weighted by atomic mass is 9.83. The largest absolute Gasteiger partial charge is 0.300 e. The highest BCUT2D eigenvalue weighted by atomic mass is 15.2. The normalized spacial score (nSPS) is 25.5. The highest BCUT2D eigenvalue weighted by molar-refractivity contribution is 5.16. The monoisotopic (exact) mass is 269 g/mol. The number of piperidine rings is 1. The summed E-state index contributed by atoms with van der Waals surface area (Å²) in [5.74, 6) is 0.860. The van der Waals surface area contributed by atoms with Gasteiger partial charge in [0.15, 0.2) is 0 Å². The molecule has 0 amide bonds. The molecule has 1 saturated heterocycles. The fourth-order valence-corrected chi connectivity index (χ4v) is 3.87. The molecule has 2 unspecified atom stereocenters. The molecule has 0 radical (unpaired) electrons. The van der Waals surface area contributed by atoms with Crippen LogP contribution in [-0.2, 0) is 6.42 Å². The highest BCUT2D eigenvalue weighted by Gasteiger charge is 2.28. The molecule has 2 atom stereocenters. The lowest BCUT2D eigenvalue weighted by Crippen LogP contribution is -2.45. The molecular formula is C19H27N. The second kappa shape index (κ2) is 7.08. The van der Waals surface area contributed by atoms with Crippen LogP contribution in [0.5, 0.6) is 0 Å². The van der Waals surface area contributed by atoms with Crippen LogP contribution >= 0.6 is 0 Å². The Balaban J connectivity index is 1.73. The smallest absolute Gasteiger partial charge is 0.0167 e. The number of rotatable bonds is 4. The second-order valence-corrected chi connectivity index (χ2v) is 6.40. The molecule has 2 aliphatic rings. The van der Waals surface area contributed by atoms with Gasteiger partial charge in [-0.1, -0.05) is 48.9 Å². The molecule has 1 aliphatic heterocycles. The van der Waals surface area contributed by atoms with Crippen molar-refractivity contribution in [1.29, 1.82) is 0 Å². The van der Waals surface area contributed by atoms with Gasteiger partial charge in [0.1, 0.15) is 0 Å². The van der Waals surface area contributed by atoms with Gasteiger partial charge in [0.2, 0.25) is 0 Å². The third-order valence-corrected chi connectivity index (χ3v) is 5.00. The zero-order chi connectivity index (χ0) is 13.6. The van der Waals surface area contributed by atoms with Gasteiger partial charge in [0.25, 0.3) is 0 Å². The summed E-state index contributed by atoms with van der Waals surface area (Å²) in [6, 6.07) is 11.9. The second-order valence-electron chi connectivity index (χ2n) is 6.40. The van der Waals surface area contributed by atoms with Gasteiger partial charge in [-0.05, 0) is 63.1 Å². The Labute approximate surface area is 123 Å². The zero-order valence-corrected chi connectivity index (χ0v) is 12.5. The van der Waals surface area contributed by atoms with Crippen molar-refractivity contribution in [1.82, 2.24) is 4.90 Å². The SMILES string of the molecule is C1=CCC(C(Cc2ccccc2)N2CCCCC2)CC1. The van der Waals surface area contributed by atoms with Crippen molar-refractivity contribution in [2.24, 2.45) is 5.92 Å². The van der Waals surface area contributed by atoms with Crippen molar-refractivity contribution >= 4 is 0 Å². The fourth-order valence-electron chi connectivity index (χ4n) is 3.87. The van der Waals surface area contributed by atoms with E-state index in [0.29, 0.717) is 0 Å². The average Bonchev–Trinajstić information content (AvgIpc) is 2.55. The number of likely N-dealkylation sites (tertiary alicyclic amines) is 1. The van der Waals surface area contributed by atoms with Crippen LogP contribution in [0.4, 0.5) is 0 Å². The maximum atomic E-state index is 2.79. The third-order valence-electron chi connectivity index (χ3n) is 5.00. The van der Waals surface area contributed by atoms with Crippen LogP contribution in [0.3, 0.4) is 0 Å². The van der Waals surface area contributed by atoms with Crippen LogP contribution in [0.25, 0.3) is 0 Å². The Morgan fingerprint density at radius 3 is 2.50 bits per heavy atom. The molecule has 1 heterocycles. The van der Waals surface area contributed by atoms with Gasteiger partial charge < -0.3 is 0 Å². The van der Waals surface area contributed by atoms with Gasteiger partial charge >= 0.3 is 0 Å². The Kier molecular flexibility index (Phi) is 4.91. The molecule has 1 aromatic rings. The molecule has 0 aromatic heterocycles. The Hall–Kier alpha value is -1.08. The third kappa shape index (κ3) is 3.52. The van der Waals surface area contributed by atoms with Crippen LogP contribution in [0.2, 0.25) is 0 Å². The van der Waals surface area contributed by atoms with Gasteiger partial charge in [0, 0.05) is 6.04 Å². The van der Waals surface area contributed by atoms with Gasteiger partial charge in [-0.3, -0.25) is 4.90 Å².